The first-order valence-electron chi connectivity index (χ1n) is 4.55. The molecule has 0 saturated heterocycles. The predicted molar refractivity (Wildman–Crippen MR) is 60.1 cm³/mol. The Morgan fingerprint density at radius 3 is 2.59 bits per heavy atom. The minimum absolute atomic E-state index is 0.0228. The first-order valence-corrected chi connectivity index (χ1v) is 5.34. The Hall–Kier alpha value is -1.47. The Balaban J connectivity index is 2.82. The molecule has 0 aliphatic heterocycles. The van der Waals surface area contributed by atoms with Gasteiger partial charge in [0.05, 0.1) is 11.1 Å². The molecule has 7 heteroatoms. The third-order valence-corrected chi connectivity index (χ3v) is 2.61. The van der Waals surface area contributed by atoms with Crippen LogP contribution in [0, 0.1) is 5.82 Å². The Labute approximate surface area is 104 Å². The third-order valence-electron chi connectivity index (χ3n) is 1.97. The summed E-state index contributed by atoms with van der Waals surface area (Å²) in [5.41, 5.74) is -0.0228. The standard InChI is InChI=1S/C10H9BrFNO4/c11-6-2-1-5(3-7(6)12)9(15)13-8(4-14)10(16)17/h1-3,8,14H,4H2,(H,13,15)(H,16,17). The molecule has 3 N–H and O–H groups in total. The van der Waals surface area contributed by atoms with Crippen molar-refractivity contribution in [2.45, 2.75) is 6.04 Å². The highest BCUT2D eigenvalue weighted by molar-refractivity contribution is 9.10. The molecular weight excluding hydrogens is 297 g/mol. The quantitative estimate of drug-likeness (QED) is 0.766. The van der Waals surface area contributed by atoms with Gasteiger partial charge in [-0.05, 0) is 34.1 Å². The molecule has 92 valence electrons. The fourth-order valence-corrected chi connectivity index (χ4v) is 1.31. The molecule has 0 aliphatic carbocycles. The van der Waals surface area contributed by atoms with Gasteiger partial charge < -0.3 is 15.5 Å². The largest absolute Gasteiger partial charge is 0.480 e. The monoisotopic (exact) mass is 305 g/mol. The smallest absolute Gasteiger partial charge is 0.328 e. The summed E-state index contributed by atoms with van der Waals surface area (Å²) in [5.74, 6) is -2.76. The molecule has 1 unspecified atom stereocenters. The van der Waals surface area contributed by atoms with Gasteiger partial charge in [-0.25, -0.2) is 9.18 Å². The van der Waals surface area contributed by atoms with Crippen molar-refractivity contribution >= 4 is 27.8 Å². The Kier molecular flexibility index (Phi) is 4.59. The molecule has 0 saturated carbocycles. The van der Waals surface area contributed by atoms with Crippen molar-refractivity contribution in [2.75, 3.05) is 6.61 Å². The number of aliphatic carboxylic acids is 1. The van der Waals surface area contributed by atoms with Crippen molar-refractivity contribution in [3.8, 4) is 0 Å². The molecule has 0 aromatic heterocycles. The fourth-order valence-electron chi connectivity index (χ4n) is 1.06. The lowest BCUT2D eigenvalue weighted by Gasteiger charge is -2.11. The van der Waals surface area contributed by atoms with Gasteiger partial charge in [0.1, 0.15) is 5.82 Å². The van der Waals surface area contributed by atoms with E-state index in [4.69, 9.17) is 10.2 Å². The predicted octanol–water partition coefficient (Wildman–Crippen LogP) is 0.763. The number of hydrogen-bond donors (Lipinski definition) is 3. The molecule has 1 aromatic carbocycles. The summed E-state index contributed by atoms with van der Waals surface area (Å²) in [7, 11) is 0. The van der Waals surface area contributed by atoms with Gasteiger partial charge in [-0.15, -0.1) is 0 Å². The first kappa shape index (κ1) is 13.6. The Morgan fingerprint density at radius 1 is 1.47 bits per heavy atom. The number of carbonyl (C=O) groups excluding carboxylic acids is 1. The lowest BCUT2D eigenvalue weighted by atomic mass is 10.2. The Morgan fingerprint density at radius 2 is 2.12 bits per heavy atom. The van der Waals surface area contributed by atoms with Gasteiger partial charge in [0.15, 0.2) is 6.04 Å². The Bertz CT molecular complexity index is 452. The molecule has 1 aromatic rings. The highest BCUT2D eigenvalue weighted by Crippen LogP contribution is 2.16. The zero-order valence-corrected chi connectivity index (χ0v) is 10.1. The summed E-state index contributed by atoms with van der Waals surface area (Å²) in [6, 6.07) is 2.22. The lowest BCUT2D eigenvalue weighted by molar-refractivity contribution is -0.140. The maximum atomic E-state index is 13.1. The number of aliphatic hydroxyl groups is 1. The number of nitrogens with one attached hydrogen (secondary N) is 1. The number of halogens is 2. The summed E-state index contributed by atoms with van der Waals surface area (Å²) in [6.07, 6.45) is 0. The van der Waals surface area contributed by atoms with E-state index in [9.17, 15) is 14.0 Å². The molecule has 0 heterocycles. The summed E-state index contributed by atoms with van der Waals surface area (Å²) < 4.78 is 13.3. The maximum Gasteiger partial charge on any atom is 0.328 e. The molecule has 0 bridgehead atoms. The molecule has 0 aliphatic rings. The van der Waals surface area contributed by atoms with Crippen molar-refractivity contribution < 1.29 is 24.2 Å². The van der Waals surface area contributed by atoms with E-state index in [1.54, 1.807) is 0 Å². The zero-order chi connectivity index (χ0) is 13.0. The van der Waals surface area contributed by atoms with Crippen molar-refractivity contribution in [1.82, 2.24) is 5.32 Å². The topological polar surface area (TPSA) is 86.6 Å². The van der Waals surface area contributed by atoms with Crippen LogP contribution in [0.3, 0.4) is 0 Å². The molecule has 1 rings (SSSR count). The zero-order valence-electron chi connectivity index (χ0n) is 8.48. The average molecular weight is 306 g/mol. The van der Waals surface area contributed by atoms with E-state index in [1.807, 2.05) is 0 Å². The van der Waals surface area contributed by atoms with Crippen molar-refractivity contribution in [1.29, 1.82) is 0 Å². The minimum atomic E-state index is -1.41. The number of aliphatic hydroxyl groups excluding tert-OH is 1. The van der Waals surface area contributed by atoms with Gasteiger partial charge in [-0.1, -0.05) is 0 Å². The van der Waals surface area contributed by atoms with Crippen LogP contribution in [0.2, 0.25) is 0 Å². The number of rotatable bonds is 4. The number of carbonyl (C=O) groups is 2. The lowest BCUT2D eigenvalue weighted by Crippen LogP contribution is -2.43. The van der Waals surface area contributed by atoms with Crippen LogP contribution in [0.15, 0.2) is 22.7 Å². The van der Waals surface area contributed by atoms with Gasteiger partial charge >= 0.3 is 5.97 Å². The highest BCUT2D eigenvalue weighted by Gasteiger charge is 2.19. The highest BCUT2D eigenvalue weighted by atomic mass is 79.9. The second-order valence-corrected chi connectivity index (χ2v) is 4.03. The summed E-state index contributed by atoms with van der Waals surface area (Å²) in [6.45, 7) is -0.736. The van der Waals surface area contributed by atoms with Crippen LogP contribution in [-0.4, -0.2) is 34.7 Å². The minimum Gasteiger partial charge on any atom is -0.480 e. The third kappa shape index (κ3) is 3.50. The van der Waals surface area contributed by atoms with E-state index < -0.39 is 30.3 Å². The van der Waals surface area contributed by atoms with Crippen LogP contribution in [0.25, 0.3) is 0 Å². The van der Waals surface area contributed by atoms with E-state index in [-0.39, 0.29) is 10.0 Å². The number of carboxylic acid groups (broad SMARTS) is 1. The van der Waals surface area contributed by atoms with Crippen molar-refractivity contribution in [3.63, 3.8) is 0 Å². The van der Waals surface area contributed by atoms with Crippen molar-refractivity contribution in [2.24, 2.45) is 0 Å². The summed E-state index contributed by atoms with van der Waals surface area (Å²) in [4.78, 5) is 22.1. The number of carboxylic acids is 1. The fraction of sp³-hybridized carbons (Fsp3) is 0.200. The normalized spacial score (nSPS) is 11.9. The number of hydrogen-bond acceptors (Lipinski definition) is 3. The van der Waals surface area contributed by atoms with Gasteiger partial charge in [0.2, 0.25) is 0 Å². The van der Waals surface area contributed by atoms with Crippen molar-refractivity contribution in [3.05, 3.63) is 34.1 Å². The van der Waals surface area contributed by atoms with Crippen LogP contribution >= 0.6 is 15.9 Å². The van der Waals surface area contributed by atoms with E-state index >= 15 is 0 Å². The maximum absolute atomic E-state index is 13.1. The second kappa shape index (κ2) is 5.74. The molecule has 1 atom stereocenters. The summed E-state index contributed by atoms with van der Waals surface area (Å²) >= 11 is 2.93. The van der Waals surface area contributed by atoms with E-state index in [1.165, 1.54) is 12.1 Å². The van der Waals surface area contributed by atoms with Crippen LogP contribution in [0.1, 0.15) is 10.4 Å². The van der Waals surface area contributed by atoms with Gasteiger partial charge in [-0.3, -0.25) is 4.79 Å². The van der Waals surface area contributed by atoms with Gasteiger partial charge in [0, 0.05) is 5.56 Å². The van der Waals surface area contributed by atoms with Crippen LogP contribution < -0.4 is 5.32 Å². The molecule has 1 amide bonds. The molecular formula is C10H9BrFNO4. The average Bonchev–Trinajstić information content (AvgIpc) is 2.28. The van der Waals surface area contributed by atoms with Crippen LogP contribution in [0.4, 0.5) is 4.39 Å². The second-order valence-electron chi connectivity index (χ2n) is 3.18. The summed E-state index contributed by atoms with van der Waals surface area (Å²) in [5, 5.41) is 19.4. The molecule has 0 radical (unpaired) electrons. The van der Waals surface area contributed by atoms with Crippen LogP contribution in [0.5, 0.6) is 0 Å². The van der Waals surface area contributed by atoms with E-state index in [0.717, 1.165) is 6.07 Å². The SMILES string of the molecule is O=C(NC(CO)C(=O)O)c1ccc(Br)c(F)c1. The first-order chi connectivity index (χ1) is 7.95. The van der Waals surface area contributed by atoms with Gasteiger partial charge in [-0.2, -0.15) is 0 Å². The molecule has 17 heavy (non-hydrogen) atoms. The van der Waals surface area contributed by atoms with E-state index in [0.29, 0.717) is 0 Å². The molecule has 0 fully saturated rings. The van der Waals surface area contributed by atoms with E-state index in [2.05, 4.69) is 21.2 Å². The molecule has 0 spiro atoms. The number of benzene rings is 1. The van der Waals surface area contributed by atoms with Crippen LogP contribution in [-0.2, 0) is 4.79 Å². The number of amides is 1. The van der Waals surface area contributed by atoms with Gasteiger partial charge in [0.25, 0.3) is 5.91 Å². The molecule has 5 nitrogen and oxygen atoms in total.